The maximum Gasteiger partial charge on any atom is 0.313 e. The quantitative estimate of drug-likeness (QED) is 0.871. The number of carboxylic acid groups (broad SMARTS) is 1. The van der Waals surface area contributed by atoms with Crippen molar-refractivity contribution in [3.05, 3.63) is 35.9 Å². The molecule has 0 saturated heterocycles. The monoisotopic (exact) mass is 248 g/mol. The number of rotatable bonds is 5. The molecule has 0 aliphatic carbocycles. The summed E-state index contributed by atoms with van der Waals surface area (Å²) in [5.74, 6) is -0.895. The molecule has 1 aromatic rings. The minimum atomic E-state index is -1.05. The van der Waals surface area contributed by atoms with Crippen LogP contribution in [0.4, 0.5) is 0 Å². The van der Waals surface area contributed by atoms with Crippen molar-refractivity contribution in [2.75, 3.05) is 0 Å². The molecule has 0 heterocycles. The van der Waals surface area contributed by atoms with Crippen molar-refractivity contribution < 1.29 is 14.7 Å². The highest BCUT2D eigenvalue weighted by atomic mass is 16.4. The van der Waals surface area contributed by atoms with Crippen LogP contribution in [0.5, 0.6) is 0 Å². The van der Waals surface area contributed by atoms with Gasteiger partial charge in [0.25, 0.3) is 0 Å². The van der Waals surface area contributed by atoms with E-state index in [1.807, 2.05) is 18.2 Å². The van der Waals surface area contributed by atoms with E-state index < -0.39 is 16.8 Å². The van der Waals surface area contributed by atoms with Crippen molar-refractivity contribution in [3.63, 3.8) is 0 Å². The first-order chi connectivity index (χ1) is 8.20. The first-order valence-electron chi connectivity index (χ1n) is 6.00. The van der Waals surface area contributed by atoms with E-state index >= 15 is 0 Å². The average Bonchev–Trinajstić information content (AvgIpc) is 2.29. The Kier molecular flexibility index (Phi) is 3.95. The summed E-state index contributed by atoms with van der Waals surface area (Å²) in [7, 11) is 0. The first-order valence-corrected chi connectivity index (χ1v) is 6.00. The molecular formula is C15H20O3. The number of aliphatic carboxylic acids is 1. The van der Waals surface area contributed by atoms with Crippen LogP contribution in [0.15, 0.2) is 30.3 Å². The number of hydrogen-bond donors (Lipinski definition) is 1. The lowest BCUT2D eigenvalue weighted by atomic mass is 9.69. The van der Waals surface area contributed by atoms with Crippen LogP contribution in [0.25, 0.3) is 0 Å². The van der Waals surface area contributed by atoms with Crippen molar-refractivity contribution in [1.82, 2.24) is 0 Å². The summed E-state index contributed by atoms with van der Waals surface area (Å²) in [4.78, 5) is 23.2. The summed E-state index contributed by atoms with van der Waals surface area (Å²) >= 11 is 0. The van der Waals surface area contributed by atoms with Crippen LogP contribution in [0.1, 0.15) is 39.7 Å². The van der Waals surface area contributed by atoms with Crippen molar-refractivity contribution in [1.29, 1.82) is 0 Å². The summed E-state index contributed by atoms with van der Waals surface area (Å²) in [5, 5.41) is 9.52. The Hall–Kier alpha value is -1.64. The molecule has 0 aromatic heterocycles. The highest BCUT2D eigenvalue weighted by Crippen LogP contribution is 2.37. The van der Waals surface area contributed by atoms with Gasteiger partial charge in [0, 0.05) is 5.41 Å². The zero-order chi connectivity index (χ0) is 14.0. The summed E-state index contributed by atoms with van der Waals surface area (Å²) in [5.41, 5.74) is -0.966. The first kappa shape index (κ1) is 14.4. The van der Waals surface area contributed by atoms with E-state index in [1.54, 1.807) is 32.9 Å². The van der Waals surface area contributed by atoms with E-state index in [2.05, 4.69) is 0 Å². The van der Waals surface area contributed by atoms with Crippen LogP contribution < -0.4 is 0 Å². The van der Waals surface area contributed by atoms with Gasteiger partial charge in [-0.25, -0.2) is 0 Å². The van der Waals surface area contributed by atoms with E-state index in [-0.39, 0.29) is 12.2 Å². The van der Waals surface area contributed by atoms with Gasteiger partial charge in [-0.1, -0.05) is 44.2 Å². The molecule has 1 atom stereocenters. The van der Waals surface area contributed by atoms with E-state index in [0.29, 0.717) is 0 Å². The molecule has 0 amide bonds. The fraction of sp³-hybridized carbons (Fsp3) is 0.467. The molecule has 1 unspecified atom stereocenters. The van der Waals surface area contributed by atoms with Crippen LogP contribution in [0.3, 0.4) is 0 Å². The fourth-order valence-electron chi connectivity index (χ4n) is 2.12. The number of ketones is 1. The molecular weight excluding hydrogens is 228 g/mol. The molecule has 0 bridgehead atoms. The Bertz CT molecular complexity index is 448. The molecule has 0 aliphatic rings. The van der Waals surface area contributed by atoms with Gasteiger partial charge in [0.05, 0.1) is 5.41 Å². The van der Waals surface area contributed by atoms with Gasteiger partial charge >= 0.3 is 5.97 Å². The molecule has 0 radical (unpaired) electrons. The summed E-state index contributed by atoms with van der Waals surface area (Å²) < 4.78 is 0. The normalized spacial score (nSPS) is 14.9. The molecule has 3 heteroatoms. The van der Waals surface area contributed by atoms with Crippen molar-refractivity contribution >= 4 is 11.8 Å². The lowest BCUT2D eigenvalue weighted by molar-refractivity contribution is -0.145. The summed E-state index contributed by atoms with van der Waals surface area (Å²) in [6.07, 6.45) is 0.286. The Morgan fingerprint density at radius 2 is 1.61 bits per heavy atom. The van der Waals surface area contributed by atoms with Crippen molar-refractivity contribution in [2.45, 2.75) is 39.5 Å². The van der Waals surface area contributed by atoms with Crippen molar-refractivity contribution in [3.8, 4) is 0 Å². The highest BCUT2D eigenvalue weighted by Gasteiger charge is 2.42. The molecule has 0 spiro atoms. The summed E-state index contributed by atoms with van der Waals surface area (Å²) in [6, 6.07) is 9.07. The second-order valence-electron chi connectivity index (χ2n) is 5.62. The largest absolute Gasteiger partial charge is 0.481 e. The lowest BCUT2D eigenvalue weighted by Gasteiger charge is -2.33. The highest BCUT2D eigenvalue weighted by molar-refractivity contribution is 5.85. The number of benzene rings is 1. The maximum absolute atomic E-state index is 11.6. The standard InChI is InChI=1S/C15H20O3/c1-11(16)14(2,3)10-15(4,13(17)18)12-8-6-5-7-9-12/h5-9H,10H2,1-4H3,(H,17,18). The molecule has 98 valence electrons. The Morgan fingerprint density at radius 1 is 1.11 bits per heavy atom. The number of carbonyl (C=O) groups excluding carboxylic acids is 1. The van der Waals surface area contributed by atoms with Gasteiger partial charge in [-0.05, 0) is 25.8 Å². The SMILES string of the molecule is CC(=O)C(C)(C)CC(C)(C(=O)O)c1ccccc1. The fourth-order valence-corrected chi connectivity index (χ4v) is 2.12. The van der Waals surface area contributed by atoms with Crippen LogP contribution >= 0.6 is 0 Å². The molecule has 3 nitrogen and oxygen atoms in total. The third kappa shape index (κ3) is 2.78. The van der Waals surface area contributed by atoms with Gasteiger partial charge in [0.15, 0.2) is 0 Å². The lowest BCUT2D eigenvalue weighted by Crippen LogP contribution is -2.39. The van der Waals surface area contributed by atoms with Gasteiger partial charge in [-0.2, -0.15) is 0 Å². The van der Waals surface area contributed by atoms with E-state index in [0.717, 1.165) is 5.56 Å². The summed E-state index contributed by atoms with van der Waals surface area (Å²) in [6.45, 7) is 6.77. The predicted molar refractivity (Wildman–Crippen MR) is 70.5 cm³/mol. The number of carbonyl (C=O) groups is 2. The van der Waals surface area contributed by atoms with Crippen LogP contribution in [-0.4, -0.2) is 16.9 Å². The van der Waals surface area contributed by atoms with Gasteiger partial charge in [0.2, 0.25) is 0 Å². The average molecular weight is 248 g/mol. The second kappa shape index (κ2) is 4.92. The minimum absolute atomic E-state index is 0.00547. The molecule has 0 fully saturated rings. The molecule has 1 rings (SSSR count). The van der Waals surface area contributed by atoms with Crippen LogP contribution in [0, 0.1) is 5.41 Å². The van der Waals surface area contributed by atoms with Gasteiger partial charge < -0.3 is 5.11 Å². The molecule has 0 aliphatic heterocycles. The molecule has 1 aromatic carbocycles. The zero-order valence-corrected chi connectivity index (χ0v) is 11.4. The maximum atomic E-state index is 11.6. The molecule has 18 heavy (non-hydrogen) atoms. The molecule has 0 saturated carbocycles. The third-order valence-electron chi connectivity index (χ3n) is 3.63. The van der Waals surface area contributed by atoms with Gasteiger partial charge in [-0.3, -0.25) is 9.59 Å². The topological polar surface area (TPSA) is 54.4 Å². The van der Waals surface area contributed by atoms with E-state index in [9.17, 15) is 14.7 Å². The number of carboxylic acids is 1. The smallest absolute Gasteiger partial charge is 0.313 e. The molecule has 1 N–H and O–H groups in total. The second-order valence-corrected chi connectivity index (χ2v) is 5.62. The van der Waals surface area contributed by atoms with Crippen LogP contribution in [-0.2, 0) is 15.0 Å². The predicted octanol–water partition coefficient (Wildman–Crippen LogP) is 3.03. The minimum Gasteiger partial charge on any atom is -0.481 e. The number of hydrogen-bond acceptors (Lipinski definition) is 2. The van der Waals surface area contributed by atoms with Gasteiger partial charge in [-0.15, -0.1) is 0 Å². The van der Waals surface area contributed by atoms with Gasteiger partial charge in [0.1, 0.15) is 5.78 Å². The Labute approximate surface area is 108 Å². The van der Waals surface area contributed by atoms with E-state index in [1.165, 1.54) is 6.92 Å². The van der Waals surface area contributed by atoms with Crippen molar-refractivity contribution in [2.24, 2.45) is 5.41 Å². The Morgan fingerprint density at radius 3 is 2.00 bits per heavy atom. The Balaban J connectivity index is 3.19. The van der Waals surface area contributed by atoms with Crippen LogP contribution in [0.2, 0.25) is 0 Å². The third-order valence-corrected chi connectivity index (χ3v) is 3.63. The number of Topliss-reactive ketones (excluding diaryl/α,β-unsaturated/α-hetero) is 1. The zero-order valence-electron chi connectivity index (χ0n) is 11.4. The van der Waals surface area contributed by atoms with E-state index in [4.69, 9.17) is 0 Å².